The van der Waals surface area contributed by atoms with Crippen LogP contribution in [-0.4, -0.2) is 31.7 Å². The molecule has 92 valence electrons. The molecule has 2 rings (SSSR count). The van der Waals surface area contributed by atoms with E-state index in [1.165, 1.54) is 0 Å². The van der Waals surface area contributed by atoms with E-state index >= 15 is 0 Å². The molecule has 0 amide bonds. The quantitative estimate of drug-likeness (QED) is 0.747. The molecule has 2 aromatic rings. The van der Waals surface area contributed by atoms with Gasteiger partial charge in [-0.2, -0.15) is 0 Å². The maximum Gasteiger partial charge on any atom is 0.106 e. The molecule has 0 aliphatic rings. The Morgan fingerprint density at radius 2 is 2.35 bits per heavy atom. The molecule has 0 aliphatic heterocycles. The van der Waals surface area contributed by atoms with Crippen molar-refractivity contribution >= 4 is 11.3 Å². The molecule has 6 nitrogen and oxygen atoms in total. The topological polar surface area (TPSA) is 75.9 Å². The third kappa shape index (κ3) is 3.88. The Hall–Kier alpha value is -1.31. The van der Waals surface area contributed by atoms with Crippen molar-refractivity contribution in [3.05, 3.63) is 28.5 Å². The fourth-order valence-corrected chi connectivity index (χ4v) is 1.99. The lowest BCUT2D eigenvalue weighted by Crippen LogP contribution is -2.12. The SMILES string of the molecule is OCCCn1cc(CNCc2nccs2)nn1. The molecule has 2 heterocycles. The van der Waals surface area contributed by atoms with Crippen LogP contribution >= 0.6 is 11.3 Å². The van der Waals surface area contributed by atoms with Crippen LogP contribution in [0.3, 0.4) is 0 Å². The molecular formula is C10H15N5OS. The highest BCUT2D eigenvalue weighted by atomic mass is 32.1. The normalized spacial score (nSPS) is 10.9. The van der Waals surface area contributed by atoms with Gasteiger partial charge in [0.2, 0.25) is 0 Å². The van der Waals surface area contributed by atoms with Gasteiger partial charge in [-0.3, -0.25) is 4.68 Å². The molecule has 0 fully saturated rings. The van der Waals surface area contributed by atoms with E-state index in [0.29, 0.717) is 19.5 Å². The summed E-state index contributed by atoms with van der Waals surface area (Å²) in [4.78, 5) is 4.18. The molecular weight excluding hydrogens is 238 g/mol. The minimum absolute atomic E-state index is 0.178. The predicted octanol–water partition coefficient (Wildman–Crippen LogP) is 0.407. The van der Waals surface area contributed by atoms with Crippen LogP contribution in [0.15, 0.2) is 17.8 Å². The first-order valence-electron chi connectivity index (χ1n) is 5.47. The van der Waals surface area contributed by atoms with Crippen molar-refractivity contribution in [3.8, 4) is 0 Å². The smallest absolute Gasteiger partial charge is 0.106 e. The first kappa shape index (κ1) is 12.2. The molecule has 0 aromatic carbocycles. The summed E-state index contributed by atoms with van der Waals surface area (Å²) in [7, 11) is 0. The number of aryl methyl sites for hydroxylation is 1. The van der Waals surface area contributed by atoms with Gasteiger partial charge < -0.3 is 10.4 Å². The second kappa shape index (κ2) is 6.43. The summed E-state index contributed by atoms with van der Waals surface area (Å²) in [5.74, 6) is 0. The van der Waals surface area contributed by atoms with Crippen LogP contribution in [0.4, 0.5) is 0 Å². The standard InChI is InChI=1S/C10H15N5OS/c16-4-1-3-15-8-9(13-14-15)6-11-7-10-12-2-5-17-10/h2,5,8,11,16H,1,3-4,6-7H2. The number of aliphatic hydroxyl groups is 1. The molecule has 0 saturated carbocycles. The van der Waals surface area contributed by atoms with Gasteiger partial charge in [0, 0.05) is 44.0 Å². The summed E-state index contributed by atoms with van der Waals surface area (Å²) < 4.78 is 1.75. The molecule has 17 heavy (non-hydrogen) atoms. The molecule has 0 spiro atoms. The average Bonchev–Trinajstić information content (AvgIpc) is 2.98. The number of thiazole rings is 1. The number of aromatic nitrogens is 4. The monoisotopic (exact) mass is 253 g/mol. The van der Waals surface area contributed by atoms with Gasteiger partial charge in [0.15, 0.2) is 0 Å². The van der Waals surface area contributed by atoms with Gasteiger partial charge in [0.25, 0.3) is 0 Å². The molecule has 2 aromatic heterocycles. The highest BCUT2D eigenvalue weighted by molar-refractivity contribution is 7.09. The maximum atomic E-state index is 8.70. The Labute approximate surface area is 103 Å². The van der Waals surface area contributed by atoms with Gasteiger partial charge in [-0.1, -0.05) is 5.21 Å². The largest absolute Gasteiger partial charge is 0.396 e. The molecule has 2 N–H and O–H groups in total. The van der Waals surface area contributed by atoms with Crippen molar-refractivity contribution < 1.29 is 5.11 Å². The Balaban J connectivity index is 1.73. The average molecular weight is 253 g/mol. The number of hydrogen-bond acceptors (Lipinski definition) is 6. The highest BCUT2D eigenvalue weighted by Gasteiger charge is 2.01. The second-order valence-electron chi connectivity index (χ2n) is 3.58. The summed E-state index contributed by atoms with van der Waals surface area (Å²) in [5, 5.41) is 23.0. The van der Waals surface area contributed by atoms with Crippen molar-refractivity contribution in [3.63, 3.8) is 0 Å². The Morgan fingerprint density at radius 1 is 1.41 bits per heavy atom. The third-order valence-electron chi connectivity index (χ3n) is 2.20. The van der Waals surface area contributed by atoms with Crippen LogP contribution < -0.4 is 5.32 Å². The zero-order chi connectivity index (χ0) is 11.9. The van der Waals surface area contributed by atoms with Gasteiger partial charge in [0.05, 0.1) is 5.69 Å². The number of nitrogens with zero attached hydrogens (tertiary/aromatic N) is 4. The van der Waals surface area contributed by atoms with Crippen LogP contribution in [0.1, 0.15) is 17.1 Å². The predicted molar refractivity (Wildman–Crippen MR) is 64.4 cm³/mol. The first-order chi connectivity index (χ1) is 8.38. The van der Waals surface area contributed by atoms with Crippen molar-refractivity contribution in [2.75, 3.05) is 6.61 Å². The van der Waals surface area contributed by atoms with Gasteiger partial charge in [-0.15, -0.1) is 16.4 Å². The van der Waals surface area contributed by atoms with Gasteiger partial charge in [-0.25, -0.2) is 4.98 Å². The molecule has 0 aliphatic carbocycles. The summed E-state index contributed by atoms with van der Waals surface area (Å²) in [6, 6.07) is 0. The van der Waals surface area contributed by atoms with Crippen molar-refractivity contribution in [1.29, 1.82) is 0 Å². The van der Waals surface area contributed by atoms with Crippen molar-refractivity contribution in [2.24, 2.45) is 0 Å². The Kier molecular flexibility index (Phi) is 4.60. The number of nitrogens with one attached hydrogen (secondary N) is 1. The first-order valence-corrected chi connectivity index (χ1v) is 6.35. The van der Waals surface area contributed by atoms with E-state index in [2.05, 4.69) is 20.6 Å². The lowest BCUT2D eigenvalue weighted by molar-refractivity contribution is 0.276. The second-order valence-corrected chi connectivity index (χ2v) is 4.56. The van der Waals surface area contributed by atoms with E-state index in [1.807, 2.05) is 11.6 Å². The maximum absolute atomic E-state index is 8.70. The Bertz CT molecular complexity index is 428. The van der Waals surface area contributed by atoms with Gasteiger partial charge >= 0.3 is 0 Å². The van der Waals surface area contributed by atoms with E-state index in [1.54, 1.807) is 22.2 Å². The minimum Gasteiger partial charge on any atom is -0.396 e. The summed E-state index contributed by atoms with van der Waals surface area (Å²) in [5.41, 5.74) is 0.902. The molecule has 0 saturated heterocycles. The lowest BCUT2D eigenvalue weighted by Gasteiger charge is -1.98. The number of rotatable bonds is 7. The van der Waals surface area contributed by atoms with E-state index < -0.39 is 0 Å². The van der Waals surface area contributed by atoms with Crippen LogP contribution in [0.5, 0.6) is 0 Å². The lowest BCUT2D eigenvalue weighted by atomic mass is 10.4. The summed E-state index contributed by atoms with van der Waals surface area (Å²) in [6.07, 6.45) is 4.40. The molecule has 7 heteroatoms. The number of hydrogen-bond donors (Lipinski definition) is 2. The van der Waals surface area contributed by atoms with E-state index in [-0.39, 0.29) is 6.61 Å². The summed E-state index contributed by atoms with van der Waals surface area (Å²) in [6.45, 7) is 2.31. The number of aliphatic hydroxyl groups excluding tert-OH is 1. The zero-order valence-electron chi connectivity index (χ0n) is 9.41. The Morgan fingerprint density at radius 3 is 3.12 bits per heavy atom. The van der Waals surface area contributed by atoms with E-state index in [0.717, 1.165) is 17.2 Å². The van der Waals surface area contributed by atoms with Crippen LogP contribution in [0.2, 0.25) is 0 Å². The van der Waals surface area contributed by atoms with Gasteiger partial charge in [-0.05, 0) is 6.42 Å². The van der Waals surface area contributed by atoms with Crippen molar-refractivity contribution in [1.82, 2.24) is 25.3 Å². The molecule has 0 unspecified atom stereocenters. The summed E-state index contributed by atoms with van der Waals surface area (Å²) >= 11 is 1.63. The van der Waals surface area contributed by atoms with Gasteiger partial charge in [0.1, 0.15) is 5.01 Å². The molecule has 0 bridgehead atoms. The van der Waals surface area contributed by atoms with E-state index in [9.17, 15) is 0 Å². The third-order valence-corrected chi connectivity index (χ3v) is 2.98. The van der Waals surface area contributed by atoms with Crippen molar-refractivity contribution in [2.45, 2.75) is 26.1 Å². The minimum atomic E-state index is 0.178. The van der Waals surface area contributed by atoms with Crippen LogP contribution in [-0.2, 0) is 19.6 Å². The van der Waals surface area contributed by atoms with Crippen LogP contribution in [0.25, 0.3) is 0 Å². The fourth-order valence-electron chi connectivity index (χ4n) is 1.40. The fraction of sp³-hybridized carbons (Fsp3) is 0.500. The van der Waals surface area contributed by atoms with E-state index in [4.69, 9.17) is 5.11 Å². The zero-order valence-corrected chi connectivity index (χ0v) is 10.2. The molecule has 0 atom stereocenters. The highest BCUT2D eigenvalue weighted by Crippen LogP contribution is 2.03. The molecule has 0 radical (unpaired) electrons. The van der Waals surface area contributed by atoms with Crippen LogP contribution in [0, 0.1) is 0 Å².